The van der Waals surface area contributed by atoms with E-state index in [1.54, 1.807) is 17.7 Å². The summed E-state index contributed by atoms with van der Waals surface area (Å²) in [6.45, 7) is 0.532. The summed E-state index contributed by atoms with van der Waals surface area (Å²) < 4.78 is 3.06. The van der Waals surface area contributed by atoms with Gasteiger partial charge in [0.15, 0.2) is 0 Å². The molecule has 4 nitrogen and oxygen atoms in total. The van der Waals surface area contributed by atoms with Crippen molar-refractivity contribution in [3.63, 3.8) is 0 Å². The van der Waals surface area contributed by atoms with Gasteiger partial charge in [0.1, 0.15) is 5.69 Å². The van der Waals surface area contributed by atoms with Crippen molar-refractivity contribution in [1.82, 2.24) is 9.55 Å². The van der Waals surface area contributed by atoms with Crippen molar-refractivity contribution >= 4 is 33.2 Å². The molecule has 1 aliphatic heterocycles. The molecule has 0 aliphatic carbocycles. The second kappa shape index (κ2) is 4.51. The minimum atomic E-state index is -0.713. The molecule has 0 aromatic carbocycles. The van der Waals surface area contributed by atoms with E-state index in [9.17, 15) is 4.79 Å². The highest BCUT2D eigenvalue weighted by Crippen LogP contribution is 2.34. The second-order valence-electron chi connectivity index (χ2n) is 4.37. The Bertz CT molecular complexity index is 605. The number of aliphatic carboxylic acids is 1. The Morgan fingerprint density at radius 2 is 2.39 bits per heavy atom. The number of nitrogens with zero attached hydrogens (tertiary/aromatic N) is 2. The summed E-state index contributed by atoms with van der Waals surface area (Å²) in [5.41, 5.74) is 2.15. The molecule has 1 atom stereocenters. The third-order valence-corrected chi connectivity index (χ3v) is 4.88. The third kappa shape index (κ3) is 1.99. The average Bonchev–Trinajstić information content (AvgIpc) is 2.93. The zero-order valence-electron chi connectivity index (χ0n) is 9.47. The van der Waals surface area contributed by atoms with Crippen LogP contribution in [0.1, 0.15) is 12.1 Å². The highest BCUT2D eigenvalue weighted by atomic mass is 79.9. The maximum Gasteiger partial charge on any atom is 0.308 e. The molecular weight excluding hydrogens is 316 g/mol. The lowest BCUT2D eigenvalue weighted by Gasteiger charge is -2.21. The van der Waals surface area contributed by atoms with Crippen molar-refractivity contribution in [1.29, 1.82) is 0 Å². The Hall–Kier alpha value is -1.14. The molecule has 0 amide bonds. The zero-order chi connectivity index (χ0) is 12.7. The molecule has 0 saturated heterocycles. The smallest absolute Gasteiger partial charge is 0.308 e. The number of halogens is 1. The number of carboxylic acids is 1. The van der Waals surface area contributed by atoms with E-state index in [0.29, 0.717) is 13.0 Å². The van der Waals surface area contributed by atoms with Crippen molar-refractivity contribution in [2.45, 2.75) is 19.4 Å². The summed E-state index contributed by atoms with van der Waals surface area (Å²) in [4.78, 5) is 16.6. The maximum atomic E-state index is 11.0. The SMILES string of the molecule is O=C(O)C1CCc2c(-c3ccc(Br)s3)ncn2C1. The summed E-state index contributed by atoms with van der Waals surface area (Å²) in [6, 6.07) is 4.05. The first-order valence-electron chi connectivity index (χ1n) is 5.67. The molecule has 1 unspecified atom stereocenters. The Morgan fingerprint density at radius 1 is 1.56 bits per heavy atom. The molecule has 94 valence electrons. The molecular formula is C12H11BrN2O2S. The van der Waals surface area contributed by atoms with Gasteiger partial charge in [-0.3, -0.25) is 4.79 Å². The Balaban J connectivity index is 1.95. The first-order valence-corrected chi connectivity index (χ1v) is 7.28. The molecule has 3 heterocycles. The van der Waals surface area contributed by atoms with Crippen LogP contribution in [0.4, 0.5) is 0 Å². The van der Waals surface area contributed by atoms with Crippen LogP contribution in [0.25, 0.3) is 10.6 Å². The van der Waals surface area contributed by atoms with Gasteiger partial charge in [-0.1, -0.05) is 0 Å². The van der Waals surface area contributed by atoms with Gasteiger partial charge in [0.25, 0.3) is 0 Å². The standard InChI is InChI=1S/C12H11BrN2O2S/c13-10-4-3-9(18-10)11-8-2-1-7(12(16)17)5-15(8)6-14-11/h3-4,6-7H,1-2,5H2,(H,16,17). The fourth-order valence-electron chi connectivity index (χ4n) is 2.32. The lowest BCUT2D eigenvalue weighted by molar-refractivity contribution is -0.142. The summed E-state index contributed by atoms with van der Waals surface area (Å²) in [5, 5.41) is 9.05. The largest absolute Gasteiger partial charge is 0.481 e. The van der Waals surface area contributed by atoms with E-state index in [2.05, 4.69) is 20.9 Å². The molecule has 0 spiro atoms. The van der Waals surface area contributed by atoms with Gasteiger partial charge in [-0.15, -0.1) is 11.3 Å². The van der Waals surface area contributed by atoms with E-state index >= 15 is 0 Å². The fourth-order valence-corrected chi connectivity index (χ4v) is 3.72. The minimum absolute atomic E-state index is 0.283. The monoisotopic (exact) mass is 326 g/mol. The van der Waals surface area contributed by atoms with Crippen molar-refractivity contribution in [3.05, 3.63) is 27.9 Å². The van der Waals surface area contributed by atoms with E-state index in [0.717, 1.165) is 26.5 Å². The number of aromatic nitrogens is 2. The molecule has 6 heteroatoms. The molecule has 1 aliphatic rings. The fraction of sp³-hybridized carbons (Fsp3) is 0.333. The average molecular weight is 327 g/mol. The third-order valence-electron chi connectivity index (χ3n) is 3.25. The molecule has 0 radical (unpaired) electrons. The number of fused-ring (bicyclic) bond motifs is 1. The van der Waals surface area contributed by atoms with Gasteiger partial charge in [-0.25, -0.2) is 4.98 Å². The Labute approximate surface area is 116 Å². The Morgan fingerprint density at radius 3 is 3.06 bits per heavy atom. The van der Waals surface area contributed by atoms with Crippen LogP contribution in [0.5, 0.6) is 0 Å². The first-order chi connectivity index (χ1) is 8.65. The predicted molar refractivity (Wildman–Crippen MR) is 72.7 cm³/mol. The number of thiophene rings is 1. The molecule has 1 N–H and O–H groups in total. The van der Waals surface area contributed by atoms with Crippen LogP contribution in [-0.4, -0.2) is 20.6 Å². The lowest BCUT2D eigenvalue weighted by atomic mass is 9.97. The molecule has 0 fully saturated rings. The minimum Gasteiger partial charge on any atom is -0.481 e. The predicted octanol–water partition coefficient (Wildman–Crippen LogP) is 3.02. The Kier molecular flexibility index (Phi) is 2.99. The van der Waals surface area contributed by atoms with Gasteiger partial charge in [0.2, 0.25) is 0 Å². The summed E-state index contributed by atoms with van der Waals surface area (Å²) in [7, 11) is 0. The topological polar surface area (TPSA) is 55.1 Å². The van der Waals surface area contributed by atoms with Crippen molar-refractivity contribution in [2.24, 2.45) is 5.92 Å². The van der Waals surface area contributed by atoms with Crippen LogP contribution in [0.2, 0.25) is 0 Å². The molecule has 3 rings (SSSR count). The van der Waals surface area contributed by atoms with Gasteiger partial charge in [0, 0.05) is 12.2 Å². The zero-order valence-corrected chi connectivity index (χ0v) is 11.9. The van der Waals surface area contributed by atoms with Crippen LogP contribution >= 0.6 is 27.3 Å². The summed E-state index contributed by atoms with van der Waals surface area (Å²) in [5.74, 6) is -0.996. The van der Waals surface area contributed by atoms with Gasteiger partial charge >= 0.3 is 5.97 Å². The van der Waals surface area contributed by atoms with Gasteiger partial charge in [-0.2, -0.15) is 0 Å². The van der Waals surface area contributed by atoms with Crippen LogP contribution in [-0.2, 0) is 17.8 Å². The van der Waals surface area contributed by atoms with E-state index in [1.165, 1.54) is 0 Å². The van der Waals surface area contributed by atoms with Crippen LogP contribution in [0.15, 0.2) is 22.2 Å². The van der Waals surface area contributed by atoms with Crippen LogP contribution < -0.4 is 0 Å². The molecule has 18 heavy (non-hydrogen) atoms. The van der Waals surface area contributed by atoms with Crippen molar-refractivity contribution in [3.8, 4) is 10.6 Å². The highest BCUT2D eigenvalue weighted by Gasteiger charge is 2.26. The van der Waals surface area contributed by atoms with Crippen molar-refractivity contribution < 1.29 is 9.90 Å². The van der Waals surface area contributed by atoms with E-state index in [1.807, 2.05) is 16.7 Å². The normalized spacial score (nSPS) is 18.6. The van der Waals surface area contributed by atoms with Crippen molar-refractivity contribution in [2.75, 3.05) is 0 Å². The number of carbonyl (C=O) groups is 1. The van der Waals surface area contributed by atoms with Crippen LogP contribution in [0, 0.1) is 5.92 Å². The first kappa shape index (κ1) is 11.9. The van der Waals surface area contributed by atoms with Gasteiger partial charge < -0.3 is 9.67 Å². The van der Waals surface area contributed by atoms with E-state index in [4.69, 9.17) is 5.11 Å². The second-order valence-corrected chi connectivity index (χ2v) is 6.83. The summed E-state index contributed by atoms with van der Waals surface area (Å²) >= 11 is 5.10. The number of carboxylic acid groups (broad SMARTS) is 1. The van der Waals surface area contributed by atoms with Gasteiger partial charge in [-0.05, 0) is 40.9 Å². The van der Waals surface area contributed by atoms with Crippen LogP contribution in [0.3, 0.4) is 0 Å². The number of hydrogen-bond donors (Lipinski definition) is 1. The molecule has 0 bridgehead atoms. The highest BCUT2D eigenvalue weighted by molar-refractivity contribution is 9.11. The van der Waals surface area contributed by atoms with E-state index in [-0.39, 0.29) is 5.92 Å². The van der Waals surface area contributed by atoms with E-state index < -0.39 is 5.97 Å². The van der Waals surface area contributed by atoms with Gasteiger partial charge in [0.05, 0.1) is 20.9 Å². The molecule has 0 saturated carbocycles. The molecule has 2 aromatic rings. The molecule has 2 aromatic heterocycles. The quantitative estimate of drug-likeness (QED) is 0.922. The number of hydrogen-bond acceptors (Lipinski definition) is 3. The number of imidazole rings is 1. The summed E-state index contributed by atoms with van der Waals surface area (Å²) in [6.07, 6.45) is 3.23. The lowest BCUT2D eigenvalue weighted by Crippen LogP contribution is -2.26. The number of rotatable bonds is 2. The maximum absolute atomic E-state index is 11.0.